The van der Waals surface area contributed by atoms with Gasteiger partial charge in [0.25, 0.3) is 5.91 Å². The Hall–Kier alpha value is -2.06. The Morgan fingerprint density at radius 3 is 2.92 bits per heavy atom. The highest BCUT2D eigenvalue weighted by Gasteiger charge is 2.47. The first-order valence-corrected chi connectivity index (χ1v) is 9.05. The predicted molar refractivity (Wildman–Crippen MR) is 90.2 cm³/mol. The highest BCUT2D eigenvalue weighted by atomic mass is 32.1. The van der Waals surface area contributed by atoms with Gasteiger partial charge in [-0.25, -0.2) is 15.0 Å². The number of nitrogens with zero attached hydrogens (tertiary/aromatic N) is 4. The molecule has 2 aromatic heterocycles. The molecule has 0 radical (unpaired) electrons. The number of thiazole rings is 1. The second-order valence-electron chi connectivity index (χ2n) is 6.12. The monoisotopic (exact) mass is 345 g/mol. The van der Waals surface area contributed by atoms with E-state index in [1.165, 1.54) is 11.3 Å². The predicted octanol–water partition coefficient (Wildman–Crippen LogP) is 1.13. The van der Waals surface area contributed by atoms with Crippen LogP contribution in [0.3, 0.4) is 0 Å². The molecule has 4 rings (SSSR count). The summed E-state index contributed by atoms with van der Waals surface area (Å²) in [7, 11) is 0. The third kappa shape index (κ3) is 2.76. The number of aryl methyl sites for hydroxylation is 1. The average Bonchev–Trinajstić information content (AvgIpc) is 3.34. The first-order valence-electron chi connectivity index (χ1n) is 8.10. The van der Waals surface area contributed by atoms with Gasteiger partial charge in [0.05, 0.1) is 30.8 Å². The zero-order valence-electron chi connectivity index (χ0n) is 13.4. The van der Waals surface area contributed by atoms with Crippen molar-refractivity contribution in [1.29, 1.82) is 0 Å². The quantitative estimate of drug-likeness (QED) is 0.895. The van der Waals surface area contributed by atoms with Gasteiger partial charge in [0, 0.05) is 30.2 Å². The van der Waals surface area contributed by atoms with E-state index in [0.29, 0.717) is 31.4 Å². The molecular weight excluding hydrogens is 326 g/mol. The minimum atomic E-state index is -0.129. The normalized spacial score (nSPS) is 25.7. The molecule has 2 aliphatic heterocycles. The smallest absolute Gasteiger partial charge is 0.271 e. The molecule has 126 valence electrons. The summed E-state index contributed by atoms with van der Waals surface area (Å²) in [5, 5.41) is 4.86. The fourth-order valence-corrected chi connectivity index (χ4v) is 3.91. The van der Waals surface area contributed by atoms with E-state index >= 15 is 0 Å². The zero-order valence-corrected chi connectivity index (χ0v) is 14.2. The van der Waals surface area contributed by atoms with Gasteiger partial charge in [0.15, 0.2) is 0 Å². The average molecular weight is 345 g/mol. The van der Waals surface area contributed by atoms with Crippen molar-refractivity contribution in [2.24, 2.45) is 5.92 Å². The second-order valence-corrected chi connectivity index (χ2v) is 6.84. The maximum absolute atomic E-state index is 12.3. The third-order valence-electron chi connectivity index (χ3n) is 4.74. The molecule has 3 atom stereocenters. The summed E-state index contributed by atoms with van der Waals surface area (Å²) < 4.78 is 5.65. The molecule has 1 amide bonds. The van der Waals surface area contributed by atoms with Gasteiger partial charge in [-0.05, 0) is 12.0 Å². The van der Waals surface area contributed by atoms with Gasteiger partial charge in [-0.15, -0.1) is 11.3 Å². The summed E-state index contributed by atoms with van der Waals surface area (Å²) in [5.74, 6) is 0.830. The van der Waals surface area contributed by atoms with Crippen molar-refractivity contribution >= 4 is 23.2 Å². The van der Waals surface area contributed by atoms with Crippen molar-refractivity contribution in [3.8, 4) is 0 Å². The van der Waals surface area contributed by atoms with E-state index < -0.39 is 0 Å². The Morgan fingerprint density at radius 2 is 2.21 bits per heavy atom. The summed E-state index contributed by atoms with van der Waals surface area (Å²) in [6.07, 6.45) is 4.66. The summed E-state index contributed by atoms with van der Waals surface area (Å²) in [6, 6.07) is 0.222. The number of anilines is 1. The van der Waals surface area contributed by atoms with Gasteiger partial charge in [-0.1, -0.05) is 6.92 Å². The van der Waals surface area contributed by atoms with E-state index in [-0.39, 0.29) is 23.9 Å². The number of nitrogens with one attached hydrogen (secondary N) is 1. The van der Waals surface area contributed by atoms with E-state index in [9.17, 15) is 4.79 Å². The topological polar surface area (TPSA) is 80.2 Å². The van der Waals surface area contributed by atoms with E-state index in [0.717, 1.165) is 12.0 Å². The van der Waals surface area contributed by atoms with Crippen LogP contribution in [0, 0.1) is 5.92 Å². The molecule has 2 aliphatic rings. The summed E-state index contributed by atoms with van der Waals surface area (Å²) in [6.45, 7) is 4.07. The first-order chi connectivity index (χ1) is 11.8. The Morgan fingerprint density at radius 1 is 1.38 bits per heavy atom. The molecule has 0 spiro atoms. The van der Waals surface area contributed by atoms with E-state index in [4.69, 9.17) is 4.74 Å². The van der Waals surface area contributed by atoms with Crippen molar-refractivity contribution in [1.82, 2.24) is 20.3 Å². The second kappa shape index (κ2) is 6.45. The van der Waals surface area contributed by atoms with Gasteiger partial charge in [-0.3, -0.25) is 4.79 Å². The van der Waals surface area contributed by atoms with Crippen LogP contribution in [0.5, 0.6) is 0 Å². The fourth-order valence-electron chi connectivity index (χ4n) is 3.38. The van der Waals surface area contributed by atoms with E-state index in [1.807, 2.05) is 12.4 Å². The Balaban J connectivity index is 1.52. The molecule has 1 N–H and O–H groups in total. The number of hydrogen-bond acceptors (Lipinski definition) is 7. The van der Waals surface area contributed by atoms with Gasteiger partial charge < -0.3 is 15.0 Å². The number of carbonyl (C=O) groups excluding carboxylic acids is 1. The third-order valence-corrected chi connectivity index (χ3v) is 5.33. The summed E-state index contributed by atoms with van der Waals surface area (Å²) >= 11 is 1.42. The first kappa shape index (κ1) is 15.5. The van der Waals surface area contributed by atoms with Gasteiger partial charge in [-0.2, -0.15) is 0 Å². The van der Waals surface area contributed by atoms with Crippen LogP contribution in [0.25, 0.3) is 0 Å². The largest absolute Gasteiger partial charge is 0.379 e. The number of amides is 1. The molecule has 2 saturated heterocycles. The fraction of sp³-hybridized carbons (Fsp3) is 0.500. The maximum atomic E-state index is 12.3. The molecular formula is C16H19N5O2S. The molecule has 2 fully saturated rings. The van der Waals surface area contributed by atoms with Crippen LogP contribution in [0.4, 0.5) is 5.95 Å². The molecule has 8 heteroatoms. The Labute approximate surface area is 144 Å². The lowest BCUT2D eigenvalue weighted by Gasteiger charge is -2.22. The van der Waals surface area contributed by atoms with Crippen LogP contribution in [0.2, 0.25) is 0 Å². The molecule has 0 aliphatic carbocycles. The molecule has 4 heterocycles. The lowest BCUT2D eigenvalue weighted by molar-refractivity contribution is 0.0919. The minimum absolute atomic E-state index is 0.0150. The zero-order chi connectivity index (χ0) is 16.5. The van der Waals surface area contributed by atoms with Crippen molar-refractivity contribution in [2.75, 3.05) is 24.7 Å². The molecule has 0 unspecified atom stereocenters. The van der Waals surface area contributed by atoms with Crippen LogP contribution >= 0.6 is 11.3 Å². The van der Waals surface area contributed by atoms with Crippen LogP contribution in [-0.4, -0.2) is 52.7 Å². The molecule has 7 nitrogen and oxygen atoms in total. The highest BCUT2D eigenvalue weighted by molar-refractivity contribution is 7.07. The lowest BCUT2D eigenvalue weighted by atomic mass is 10.00. The summed E-state index contributed by atoms with van der Waals surface area (Å²) in [5.41, 5.74) is 3.25. The van der Waals surface area contributed by atoms with Crippen molar-refractivity contribution in [2.45, 2.75) is 25.4 Å². The van der Waals surface area contributed by atoms with Crippen molar-refractivity contribution in [3.63, 3.8) is 0 Å². The minimum Gasteiger partial charge on any atom is -0.379 e. The van der Waals surface area contributed by atoms with E-state index in [2.05, 4.69) is 32.1 Å². The summed E-state index contributed by atoms with van der Waals surface area (Å²) in [4.78, 5) is 27.5. The van der Waals surface area contributed by atoms with Crippen molar-refractivity contribution < 1.29 is 9.53 Å². The Kier molecular flexibility index (Phi) is 4.15. The van der Waals surface area contributed by atoms with Crippen LogP contribution in [0.1, 0.15) is 23.0 Å². The standard InChI is InChI=1S/C16H19N5O2S/c1-2-10-3-17-16(18-4-10)21-5-12(11-6-23-7-14(11)21)20-15(22)13-8-24-9-19-13/h3-4,8-9,11-12,14H,2,5-7H2,1H3,(H,20,22)/t11-,12-,14-/m1/s1. The SMILES string of the molecule is CCc1cnc(N2C[C@@H](NC(=O)c3cscn3)[C@H]3COC[C@H]32)nc1. The molecule has 0 bridgehead atoms. The number of fused-ring (bicyclic) bond motifs is 1. The molecule has 0 aromatic carbocycles. The number of hydrogen-bond donors (Lipinski definition) is 1. The number of ether oxygens (including phenoxy) is 1. The van der Waals surface area contributed by atoms with Gasteiger partial charge in [0.2, 0.25) is 5.95 Å². The van der Waals surface area contributed by atoms with Crippen LogP contribution in [0.15, 0.2) is 23.3 Å². The van der Waals surface area contributed by atoms with E-state index in [1.54, 1.807) is 10.9 Å². The van der Waals surface area contributed by atoms with Crippen LogP contribution in [-0.2, 0) is 11.2 Å². The number of carbonyl (C=O) groups is 1. The van der Waals surface area contributed by atoms with Crippen molar-refractivity contribution in [3.05, 3.63) is 34.5 Å². The van der Waals surface area contributed by atoms with Crippen LogP contribution < -0.4 is 10.2 Å². The molecule has 0 saturated carbocycles. The highest BCUT2D eigenvalue weighted by Crippen LogP contribution is 2.32. The lowest BCUT2D eigenvalue weighted by Crippen LogP contribution is -2.41. The Bertz CT molecular complexity index is 706. The van der Waals surface area contributed by atoms with Gasteiger partial charge >= 0.3 is 0 Å². The molecule has 2 aromatic rings. The van der Waals surface area contributed by atoms with Gasteiger partial charge in [0.1, 0.15) is 5.69 Å². The maximum Gasteiger partial charge on any atom is 0.271 e. The molecule has 24 heavy (non-hydrogen) atoms. The number of rotatable bonds is 4. The number of aromatic nitrogens is 3.